The summed E-state index contributed by atoms with van der Waals surface area (Å²) in [7, 11) is -3.34. The molecular weight excluding hydrogens is 314 g/mol. The first-order chi connectivity index (χ1) is 8.58. The van der Waals surface area contributed by atoms with Crippen LogP contribution in [0.15, 0.2) is 29.2 Å². The summed E-state index contributed by atoms with van der Waals surface area (Å²) < 4.78 is 26.7. The van der Waals surface area contributed by atoms with Gasteiger partial charge in [-0.1, -0.05) is 47.0 Å². The number of hydrogen-bond acceptors (Lipinski definition) is 2. The first-order valence-corrected chi connectivity index (χ1v) is 8.79. The van der Waals surface area contributed by atoms with Gasteiger partial charge in [-0.2, -0.15) is 0 Å². The third-order valence-electron chi connectivity index (χ3n) is 2.74. The smallest absolute Gasteiger partial charge is 0.211 e. The number of sulfonamides is 1. The Bertz CT molecular complexity index is 460. The van der Waals surface area contributed by atoms with Crippen molar-refractivity contribution in [3.8, 4) is 0 Å². The first-order valence-electron chi connectivity index (χ1n) is 6.19. The molecule has 3 nitrogen and oxygen atoms in total. The SMILES string of the molecule is Cc1ccccc1S(=O)(=O)NCCCCCCBr. The van der Waals surface area contributed by atoms with Crippen LogP contribution in [0.4, 0.5) is 0 Å². The van der Waals surface area contributed by atoms with Gasteiger partial charge in [0.05, 0.1) is 4.90 Å². The molecule has 0 radical (unpaired) electrons. The average molecular weight is 334 g/mol. The third kappa shape index (κ3) is 5.08. The number of aryl methyl sites for hydroxylation is 1. The van der Waals surface area contributed by atoms with Gasteiger partial charge in [0, 0.05) is 11.9 Å². The van der Waals surface area contributed by atoms with Gasteiger partial charge >= 0.3 is 0 Å². The second-order valence-electron chi connectivity index (χ2n) is 4.27. The van der Waals surface area contributed by atoms with Crippen LogP contribution in [-0.4, -0.2) is 20.3 Å². The van der Waals surface area contributed by atoms with Crippen LogP contribution in [0.5, 0.6) is 0 Å². The van der Waals surface area contributed by atoms with Crippen molar-refractivity contribution < 1.29 is 8.42 Å². The number of halogens is 1. The second kappa shape index (κ2) is 7.92. The Morgan fingerprint density at radius 3 is 2.44 bits per heavy atom. The van der Waals surface area contributed by atoms with Crippen LogP contribution in [0.2, 0.25) is 0 Å². The summed E-state index contributed by atoms with van der Waals surface area (Å²) in [6.45, 7) is 2.32. The molecular formula is C13H20BrNO2S. The molecule has 0 saturated heterocycles. The van der Waals surface area contributed by atoms with Crippen LogP contribution < -0.4 is 4.72 Å². The Hall–Kier alpha value is -0.390. The van der Waals surface area contributed by atoms with Gasteiger partial charge in [0.2, 0.25) is 10.0 Å². The van der Waals surface area contributed by atoms with Crippen molar-refractivity contribution >= 4 is 26.0 Å². The minimum absolute atomic E-state index is 0.380. The first kappa shape index (κ1) is 15.7. The number of rotatable bonds is 8. The van der Waals surface area contributed by atoms with Crippen LogP contribution in [0, 0.1) is 6.92 Å². The van der Waals surface area contributed by atoms with E-state index >= 15 is 0 Å². The highest BCUT2D eigenvalue weighted by molar-refractivity contribution is 9.09. The van der Waals surface area contributed by atoms with Gasteiger partial charge in [0.1, 0.15) is 0 Å². The molecule has 0 aromatic heterocycles. The zero-order valence-electron chi connectivity index (χ0n) is 10.7. The molecule has 0 amide bonds. The van der Waals surface area contributed by atoms with E-state index in [2.05, 4.69) is 20.7 Å². The fraction of sp³-hybridized carbons (Fsp3) is 0.538. The minimum atomic E-state index is -3.34. The van der Waals surface area contributed by atoms with E-state index in [4.69, 9.17) is 0 Å². The van der Waals surface area contributed by atoms with E-state index in [-0.39, 0.29) is 0 Å². The molecule has 0 saturated carbocycles. The normalized spacial score (nSPS) is 11.7. The topological polar surface area (TPSA) is 46.2 Å². The van der Waals surface area contributed by atoms with Crippen LogP contribution in [0.1, 0.15) is 31.2 Å². The molecule has 0 spiro atoms. The number of alkyl halides is 1. The molecule has 0 fully saturated rings. The summed E-state index contributed by atoms with van der Waals surface area (Å²) >= 11 is 3.38. The van der Waals surface area contributed by atoms with Crippen molar-refractivity contribution in [2.45, 2.75) is 37.5 Å². The maximum atomic E-state index is 12.0. The number of unbranched alkanes of at least 4 members (excludes halogenated alkanes) is 3. The Labute approximate surface area is 118 Å². The summed E-state index contributed by atoms with van der Waals surface area (Å²) in [6, 6.07) is 7.04. The lowest BCUT2D eigenvalue weighted by atomic mass is 10.2. The van der Waals surface area contributed by atoms with Gasteiger partial charge in [0.25, 0.3) is 0 Å². The lowest BCUT2D eigenvalue weighted by molar-refractivity contribution is 0.573. The van der Waals surface area contributed by atoms with E-state index in [1.165, 1.54) is 0 Å². The Kier molecular flexibility index (Phi) is 6.89. The predicted molar refractivity (Wildman–Crippen MR) is 78.6 cm³/mol. The molecule has 0 aliphatic carbocycles. The molecule has 1 aromatic rings. The lowest BCUT2D eigenvalue weighted by Crippen LogP contribution is -2.25. The third-order valence-corrected chi connectivity index (χ3v) is 4.92. The summed E-state index contributed by atoms with van der Waals surface area (Å²) in [5, 5.41) is 1.02. The molecule has 1 aromatic carbocycles. The standard InChI is InChI=1S/C13H20BrNO2S/c1-12-8-4-5-9-13(12)18(16,17)15-11-7-3-2-6-10-14/h4-5,8-9,15H,2-3,6-7,10-11H2,1H3. The fourth-order valence-electron chi connectivity index (χ4n) is 1.72. The van der Waals surface area contributed by atoms with E-state index in [0.717, 1.165) is 36.6 Å². The van der Waals surface area contributed by atoms with Crippen LogP contribution in [0.3, 0.4) is 0 Å². The molecule has 0 aliphatic heterocycles. The van der Waals surface area contributed by atoms with Gasteiger partial charge in [-0.05, 0) is 31.4 Å². The van der Waals surface area contributed by atoms with E-state index in [1.54, 1.807) is 12.1 Å². The quantitative estimate of drug-likeness (QED) is 0.586. The lowest BCUT2D eigenvalue weighted by Gasteiger charge is -2.08. The Morgan fingerprint density at radius 1 is 1.11 bits per heavy atom. The summed E-state index contributed by atoms with van der Waals surface area (Å²) in [4.78, 5) is 0.380. The molecule has 0 aliphatic rings. The molecule has 1 N–H and O–H groups in total. The molecule has 1 rings (SSSR count). The summed E-state index contributed by atoms with van der Waals surface area (Å²) in [5.74, 6) is 0. The highest BCUT2D eigenvalue weighted by Gasteiger charge is 2.14. The predicted octanol–water partition coefficient (Wildman–Crippen LogP) is 3.23. The van der Waals surface area contributed by atoms with Crippen LogP contribution in [-0.2, 0) is 10.0 Å². The van der Waals surface area contributed by atoms with Crippen LogP contribution in [0.25, 0.3) is 0 Å². The van der Waals surface area contributed by atoms with Gasteiger partial charge in [0.15, 0.2) is 0 Å². The molecule has 0 heterocycles. The molecule has 5 heteroatoms. The number of hydrogen-bond donors (Lipinski definition) is 1. The zero-order valence-corrected chi connectivity index (χ0v) is 13.1. The van der Waals surface area contributed by atoms with Crippen molar-refractivity contribution in [2.75, 3.05) is 11.9 Å². The second-order valence-corrected chi connectivity index (χ2v) is 6.79. The zero-order chi connectivity index (χ0) is 13.4. The van der Waals surface area contributed by atoms with Gasteiger partial charge in [-0.15, -0.1) is 0 Å². The van der Waals surface area contributed by atoms with E-state index < -0.39 is 10.0 Å². The molecule has 18 heavy (non-hydrogen) atoms. The maximum absolute atomic E-state index is 12.0. The van der Waals surface area contributed by atoms with Crippen molar-refractivity contribution in [1.82, 2.24) is 4.72 Å². The highest BCUT2D eigenvalue weighted by Crippen LogP contribution is 2.13. The monoisotopic (exact) mass is 333 g/mol. The molecule has 0 atom stereocenters. The minimum Gasteiger partial charge on any atom is -0.211 e. The molecule has 0 unspecified atom stereocenters. The van der Waals surface area contributed by atoms with Crippen molar-refractivity contribution in [3.63, 3.8) is 0 Å². The van der Waals surface area contributed by atoms with E-state index in [1.807, 2.05) is 19.1 Å². The largest absolute Gasteiger partial charge is 0.240 e. The highest BCUT2D eigenvalue weighted by atomic mass is 79.9. The van der Waals surface area contributed by atoms with Gasteiger partial charge < -0.3 is 0 Å². The number of benzene rings is 1. The fourth-order valence-corrected chi connectivity index (χ4v) is 3.43. The summed E-state index contributed by atoms with van der Waals surface area (Å²) in [6.07, 6.45) is 4.22. The summed E-state index contributed by atoms with van der Waals surface area (Å²) in [5.41, 5.74) is 0.782. The van der Waals surface area contributed by atoms with Crippen LogP contribution >= 0.6 is 15.9 Å². The van der Waals surface area contributed by atoms with Gasteiger partial charge in [-0.3, -0.25) is 0 Å². The van der Waals surface area contributed by atoms with Crippen molar-refractivity contribution in [2.24, 2.45) is 0 Å². The van der Waals surface area contributed by atoms with Gasteiger partial charge in [-0.25, -0.2) is 13.1 Å². The molecule has 102 valence electrons. The maximum Gasteiger partial charge on any atom is 0.240 e. The Balaban J connectivity index is 2.44. The number of nitrogens with one attached hydrogen (secondary N) is 1. The van der Waals surface area contributed by atoms with Crippen molar-refractivity contribution in [1.29, 1.82) is 0 Å². The molecule has 0 bridgehead atoms. The van der Waals surface area contributed by atoms with E-state index in [9.17, 15) is 8.42 Å². The average Bonchev–Trinajstić information content (AvgIpc) is 2.34. The van der Waals surface area contributed by atoms with Crippen molar-refractivity contribution in [3.05, 3.63) is 29.8 Å². The Morgan fingerprint density at radius 2 is 1.78 bits per heavy atom. The van der Waals surface area contributed by atoms with E-state index in [0.29, 0.717) is 11.4 Å².